The monoisotopic (exact) mass is 365 g/mol. The minimum atomic E-state index is -3.83. The molecule has 2 aromatic carbocycles. The van der Waals surface area contributed by atoms with Crippen LogP contribution < -0.4 is 15.4 Å². The summed E-state index contributed by atoms with van der Waals surface area (Å²) < 4.78 is 26.9. The van der Waals surface area contributed by atoms with E-state index in [0.717, 1.165) is 11.1 Å². The van der Waals surface area contributed by atoms with Crippen LogP contribution in [0.5, 0.6) is 0 Å². The molecule has 0 saturated carbocycles. The van der Waals surface area contributed by atoms with Gasteiger partial charge in [0.15, 0.2) is 6.17 Å². The number of carbonyl (C=O) groups is 1. The number of carbonyl (C=O) groups excluding carboxylic acids is 1. The summed E-state index contributed by atoms with van der Waals surface area (Å²) in [7, 11) is -3.83. The summed E-state index contributed by atoms with van der Waals surface area (Å²) in [5.74, 6) is -0.494. The number of hydrogen-bond acceptors (Lipinski definition) is 4. The Morgan fingerprint density at radius 2 is 1.92 bits per heavy atom. The van der Waals surface area contributed by atoms with Crippen molar-refractivity contribution in [2.24, 2.45) is 0 Å². The second-order valence-corrected chi connectivity index (χ2v) is 7.77. The van der Waals surface area contributed by atoms with Gasteiger partial charge in [-0.25, -0.2) is 8.42 Å². The van der Waals surface area contributed by atoms with Crippen LogP contribution in [0.3, 0.4) is 0 Å². The van der Waals surface area contributed by atoms with E-state index in [1.54, 1.807) is 12.1 Å². The van der Waals surface area contributed by atoms with E-state index in [1.165, 1.54) is 12.1 Å². The number of halogens is 1. The Morgan fingerprint density at radius 1 is 1.17 bits per heavy atom. The molecule has 1 amide bonds. The Hall–Kier alpha value is -2.09. The van der Waals surface area contributed by atoms with Gasteiger partial charge in [0, 0.05) is 10.7 Å². The Balaban J connectivity index is 1.86. The summed E-state index contributed by atoms with van der Waals surface area (Å²) in [5, 5.41) is 5.91. The third-order valence-electron chi connectivity index (χ3n) is 3.71. The maximum absolute atomic E-state index is 12.4. The second kappa shape index (κ2) is 6.08. The van der Waals surface area contributed by atoms with Gasteiger partial charge in [0.05, 0.1) is 5.69 Å². The molecule has 0 aliphatic carbocycles. The van der Waals surface area contributed by atoms with E-state index in [9.17, 15) is 13.2 Å². The van der Waals surface area contributed by atoms with Crippen LogP contribution >= 0.6 is 11.6 Å². The van der Waals surface area contributed by atoms with Gasteiger partial charge in [-0.2, -0.15) is 4.72 Å². The molecule has 0 spiro atoms. The van der Waals surface area contributed by atoms with E-state index < -0.39 is 22.1 Å². The number of aryl methyl sites for hydroxylation is 2. The van der Waals surface area contributed by atoms with Gasteiger partial charge in [0.2, 0.25) is 10.0 Å². The number of anilines is 2. The summed E-state index contributed by atoms with van der Waals surface area (Å²) >= 11 is 5.84. The molecule has 126 valence electrons. The van der Waals surface area contributed by atoms with E-state index in [-0.39, 0.29) is 4.90 Å². The topological polar surface area (TPSA) is 87.3 Å². The predicted molar refractivity (Wildman–Crippen MR) is 93.7 cm³/mol. The van der Waals surface area contributed by atoms with Crippen molar-refractivity contribution < 1.29 is 13.2 Å². The SMILES string of the molecule is Cc1ccc(NC(=O)[C@@H]2Nc3ccc(Cl)cc3S(=O)(=O)N2)c(C)c1. The number of amides is 1. The molecule has 1 heterocycles. The highest BCUT2D eigenvalue weighted by Gasteiger charge is 2.33. The molecule has 1 atom stereocenters. The van der Waals surface area contributed by atoms with Gasteiger partial charge >= 0.3 is 0 Å². The Bertz CT molecular complexity index is 928. The normalized spacial score (nSPS) is 18.4. The lowest BCUT2D eigenvalue weighted by Gasteiger charge is -2.27. The highest BCUT2D eigenvalue weighted by molar-refractivity contribution is 7.89. The smallest absolute Gasteiger partial charge is 0.262 e. The molecular formula is C16H16ClN3O3S. The summed E-state index contributed by atoms with van der Waals surface area (Å²) in [6.45, 7) is 3.83. The molecule has 6 nitrogen and oxygen atoms in total. The molecule has 1 aliphatic heterocycles. The van der Waals surface area contributed by atoms with Gasteiger partial charge in [-0.15, -0.1) is 0 Å². The first kappa shape index (κ1) is 16.8. The molecule has 0 aromatic heterocycles. The van der Waals surface area contributed by atoms with Crippen LogP contribution in [-0.2, 0) is 14.8 Å². The summed E-state index contributed by atoms with van der Waals surface area (Å²) in [6.07, 6.45) is -1.11. The average Bonchev–Trinajstić information content (AvgIpc) is 2.50. The lowest BCUT2D eigenvalue weighted by atomic mass is 10.1. The third-order valence-corrected chi connectivity index (χ3v) is 5.41. The van der Waals surface area contributed by atoms with Crippen LogP contribution in [0.2, 0.25) is 5.02 Å². The number of hydrogen-bond donors (Lipinski definition) is 3. The molecule has 0 saturated heterocycles. The van der Waals surface area contributed by atoms with Crippen LogP contribution in [0.1, 0.15) is 11.1 Å². The van der Waals surface area contributed by atoms with Gasteiger partial charge < -0.3 is 10.6 Å². The third kappa shape index (κ3) is 3.24. The van der Waals surface area contributed by atoms with Crippen LogP contribution in [0, 0.1) is 13.8 Å². The lowest BCUT2D eigenvalue weighted by Crippen LogP contribution is -2.51. The van der Waals surface area contributed by atoms with Crippen LogP contribution in [0.15, 0.2) is 41.3 Å². The van der Waals surface area contributed by atoms with Gasteiger partial charge in [0.25, 0.3) is 5.91 Å². The van der Waals surface area contributed by atoms with Crippen molar-refractivity contribution in [3.63, 3.8) is 0 Å². The van der Waals surface area contributed by atoms with Crippen molar-refractivity contribution in [1.29, 1.82) is 0 Å². The molecule has 0 fully saturated rings. The van der Waals surface area contributed by atoms with Gasteiger partial charge in [-0.1, -0.05) is 29.3 Å². The number of benzene rings is 2. The van der Waals surface area contributed by atoms with Gasteiger partial charge in [-0.05, 0) is 43.7 Å². The second-order valence-electron chi connectivity index (χ2n) is 5.65. The largest absolute Gasteiger partial charge is 0.360 e. The highest BCUT2D eigenvalue weighted by atomic mass is 35.5. The minimum absolute atomic E-state index is 0.0190. The molecule has 24 heavy (non-hydrogen) atoms. The zero-order chi connectivity index (χ0) is 17.5. The molecule has 8 heteroatoms. The average molecular weight is 366 g/mol. The fourth-order valence-electron chi connectivity index (χ4n) is 2.52. The molecule has 2 aromatic rings. The summed E-state index contributed by atoms with van der Waals surface area (Å²) in [5.41, 5.74) is 2.94. The van der Waals surface area contributed by atoms with Gasteiger partial charge in [0.1, 0.15) is 4.90 Å². The first-order valence-electron chi connectivity index (χ1n) is 7.23. The minimum Gasteiger partial charge on any atom is -0.360 e. The number of sulfonamides is 1. The highest BCUT2D eigenvalue weighted by Crippen LogP contribution is 2.29. The van der Waals surface area contributed by atoms with Crippen molar-refractivity contribution in [1.82, 2.24) is 4.72 Å². The van der Waals surface area contributed by atoms with E-state index in [4.69, 9.17) is 11.6 Å². The molecule has 0 unspecified atom stereocenters. The zero-order valence-corrected chi connectivity index (χ0v) is 14.6. The molecular weight excluding hydrogens is 350 g/mol. The standard InChI is InChI=1S/C16H16ClN3O3S/c1-9-3-5-12(10(2)7-9)19-16(21)15-18-13-6-4-11(17)8-14(13)24(22,23)20-15/h3-8,15,18,20H,1-2H3,(H,19,21)/t15-/m1/s1. The van der Waals surface area contributed by atoms with Crippen LogP contribution in [0.4, 0.5) is 11.4 Å². The predicted octanol–water partition coefficient (Wildman–Crippen LogP) is 2.63. The molecule has 0 bridgehead atoms. The van der Waals surface area contributed by atoms with Crippen molar-refractivity contribution in [3.05, 3.63) is 52.5 Å². The van der Waals surface area contributed by atoms with Gasteiger partial charge in [-0.3, -0.25) is 4.79 Å². The van der Waals surface area contributed by atoms with Crippen LogP contribution in [0.25, 0.3) is 0 Å². The van der Waals surface area contributed by atoms with E-state index in [2.05, 4.69) is 15.4 Å². The Labute approximate surface area is 145 Å². The van der Waals surface area contributed by atoms with E-state index in [1.807, 2.05) is 26.0 Å². The quantitative estimate of drug-likeness (QED) is 0.763. The molecule has 3 N–H and O–H groups in total. The maximum Gasteiger partial charge on any atom is 0.262 e. The lowest BCUT2D eigenvalue weighted by molar-refractivity contribution is -0.117. The van der Waals surface area contributed by atoms with Crippen molar-refractivity contribution in [2.45, 2.75) is 24.9 Å². The number of rotatable bonds is 2. The van der Waals surface area contributed by atoms with Crippen molar-refractivity contribution in [3.8, 4) is 0 Å². The molecule has 1 aliphatic rings. The first-order valence-corrected chi connectivity index (χ1v) is 9.09. The zero-order valence-electron chi connectivity index (χ0n) is 13.1. The number of nitrogens with one attached hydrogen (secondary N) is 3. The summed E-state index contributed by atoms with van der Waals surface area (Å²) in [4.78, 5) is 12.5. The van der Waals surface area contributed by atoms with Crippen molar-refractivity contribution >= 4 is 38.9 Å². The van der Waals surface area contributed by atoms with E-state index in [0.29, 0.717) is 16.4 Å². The van der Waals surface area contributed by atoms with Crippen molar-refractivity contribution in [2.75, 3.05) is 10.6 Å². The van der Waals surface area contributed by atoms with E-state index >= 15 is 0 Å². The summed E-state index contributed by atoms with van der Waals surface area (Å²) in [6, 6.07) is 10.0. The first-order chi connectivity index (χ1) is 11.3. The fraction of sp³-hybridized carbons (Fsp3) is 0.188. The number of fused-ring (bicyclic) bond motifs is 1. The fourth-order valence-corrected chi connectivity index (χ4v) is 4.06. The maximum atomic E-state index is 12.4. The Kier molecular flexibility index (Phi) is 4.25. The molecule has 0 radical (unpaired) electrons. The van der Waals surface area contributed by atoms with Crippen LogP contribution in [-0.4, -0.2) is 20.5 Å². The molecule has 3 rings (SSSR count). The Morgan fingerprint density at radius 3 is 2.62 bits per heavy atom.